The van der Waals surface area contributed by atoms with Crippen molar-refractivity contribution in [1.82, 2.24) is 4.98 Å². The summed E-state index contributed by atoms with van der Waals surface area (Å²) in [7, 11) is 3.97. The fourth-order valence-corrected chi connectivity index (χ4v) is 2.59. The smallest absolute Gasteiger partial charge is 0.267 e. The van der Waals surface area contributed by atoms with Crippen LogP contribution in [0.4, 0.5) is 11.4 Å². The lowest BCUT2D eigenvalue weighted by Gasteiger charge is -2.12. The zero-order valence-electron chi connectivity index (χ0n) is 11.5. The third-order valence-electron chi connectivity index (χ3n) is 2.75. The van der Waals surface area contributed by atoms with Crippen LogP contribution < -0.4 is 10.2 Å². The zero-order chi connectivity index (χ0) is 14.0. The molecule has 0 bridgehead atoms. The van der Waals surface area contributed by atoms with Crippen LogP contribution in [0.25, 0.3) is 0 Å². The van der Waals surface area contributed by atoms with Gasteiger partial charge in [-0.25, -0.2) is 4.98 Å². The second-order valence-corrected chi connectivity index (χ2v) is 5.75. The van der Waals surface area contributed by atoms with E-state index in [-0.39, 0.29) is 5.91 Å². The first-order chi connectivity index (χ1) is 8.97. The van der Waals surface area contributed by atoms with E-state index < -0.39 is 0 Å². The minimum atomic E-state index is -0.0966. The van der Waals surface area contributed by atoms with E-state index in [1.54, 1.807) is 0 Å². The molecule has 4 nitrogen and oxygen atoms in total. The van der Waals surface area contributed by atoms with Gasteiger partial charge in [-0.2, -0.15) is 0 Å². The highest BCUT2D eigenvalue weighted by Crippen LogP contribution is 2.20. The van der Waals surface area contributed by atoms with Crippen LogP contribution in [0.15, 0.2) is 24.3 Å². The molecule has 1 aromatic heterocycles. The monoisotopic (exact) mass is 275 g/mol. The molecule has 0 fully saturated rings. The third-order valence-corrected chi connectivity index (χ3v) is 3.82. The van der Waals surface area contributed by atoms with Gasteiger partial charge in [0.1, 0.15) is 4.88 Å². The first-order valence-electron chi connectivity index (χ1n) is 6.00. The lowest BCUT2D eigenvalue weighted by atomic mass is 10.2. The van der Waals surface area contributed by atoms with Crippen molar-refractivity contribution in [1.29, 1.82) is 0 Å². The van der Waals surface area contributed by atoms with Crippen LogP contribution in [0.2, 0.25) is 0 Å². The highest BCUT2D eigenvalue weighted by Gasteiger charge is 2.13. The Bertz CT molecular complexity index is 587. The zero-order valence-corrected chi connectivity index (χ0v) is 12.3. The number of hydrogen-bond acceptors (Lipinski definition) is 4. The van der Waals surface area contributed by atoms with Gasteiger partial charge >= 0.3 is 0 Å². The molecule has 1 aromatic carbocycles. The summed E-state index contributed by atoms with van der Waals surface area (Å²) in [5.74, 6) is -0.0966. The molecule has 0 unspecified atom stereocenters. The van der Waals surface area contributed by atoms with E-state index >= 15 is 0 Å². The number of anilines is 2. The topological polar surface area (TPSA) is 45.2 Å². The normalized spacial score (nSPS) is 10.3. The molecule has 1 heterocycles. The van der Waals surface area contributed by atoms with Crippen LogP contribution >= 0.6 is 11.3 Å². The van der Waals surface area contributed by atoms with E-state index in [0.29, 0.717) is 4.88 Å². The Kier molecular flexibility index (Phi) is 3.85. The summed E-state index contributed by atoms with van der Waals surface area (Å²) in [5.41, 5.74) is 2.67. The van der Waals surface area contributed by atoms with Crippen molar-refractivity contribution < 1.29 is 4.79 Å². The Morgan fingerprint density at radius 3 is 2.32 bits per heavy atom. The second kappa shape index (κ2) is 5.40. The second-order valence-electron chi connectivity index (χ2n) is 4.54. The molecule has 0 radical (unpaired) electrons. The van der Waals surface area contributed by atoms with E-state index in [1.165, 1.54) is 11.3 Å². The van der Waals surface area contributed by atoms with E-state index in [1.807, 2.05) is 57.1 Å². The largest absolute Gasteiger partial charge is 0.378 e. The van der Waals surface area contributed by atoms with Crippen molar-refractivity contribution in [3.8, 4) is 0 Å². The number of carbonyl (C=O) groups excluding carboxylic acids is 1. The maximum Gasteiger partial charge on any atom is 0.267 e. The van der Waals surface area contributed by atoms with Crippen LogP contribution in [0, 0.1) is 13.8 Å². The minimum Gasteiger partial charge on any atom is -0.378 e. The van der Waals surface area contributed by atoms with Gasteiger partial charge in [0.2, 0.25) is 0 Å². The summed E-state index contributed by atoms with van der Waals surface area (Å²) < 4.78 is 0. The Balaban J connectivity index is 2.13. The Hall–Kier alpha value is -1.88. The average Bonchev–Trinajstić information content (AvgIpc) is 2.69. The molecule has 2 aromatic rings. The number of benzene rings is 1. The fourth-order valence-electron chi connectivity index (χ4n) is 1.77. The maximum atomic E-state index is 12.1. The minimum absolute atomic E-state index is 0.0966. The number of aromatic nitrogens is 1. The molecular formula is C14H17N3OS. The maximum absolute atomic E-state index is 12.1. The molecule has 1 N–H and O–H groups in total. The number of amides is 1. The number of nitrogens with one attached hydrogen (secondary N) is 1. The lowest BCUT2D eigenvalue weighted by molar-refractivity contribution is 0.103. The quantitative estimate of drug-likeness (QED) is 0.936. The molecule has 19 heavy (non-hydrogen) atoms. The van der Waals surface area contributed by atoms with Gasteiger partial charge in [-0.1, -0.05) is 0 Å². The van der Waals surface area contributed by atoms with E-state index in [9.17, 15) is 4.79 Å². The standard InChI is InChI=1S/C14H17N3OS/c1-9-13(19-10(2)15-9)14(18)16-11-5-7-12(8-6-11)17(3)4/h5-8H,1-4H3,(H,16,18). The van der Waals surface area contributed by atoms with Gasteiger partial charge in [0.05, 0.1) is 10.7 Å². The van der Waals surface area contributed by atoms with Crippen LogP contribution in [0.5, 0.6) is 0 Å². The summed E-state index contributed by atoms with van der Waals surface area (Å²) in [4.78, 5) is 19.1. The van der Waals surface area contributed by atoms with Crippen LogP contribution in [-0.4, -0.2) is 25.0 Å². The van der Waals surface area contributed by atoms with Crippen LogP contribution in [0.1, 0.15) is 20.4 Å². The number of aryl methyl sites for hydroxylation is 2. The molecule has 1 amide bonds. The van der Waals surface area contributed by atoms with E-state index in [2.05, 4.69) is 10.3 Å². The van der Waals surface area contributed by atoms with Crippen LogP contribution in [-0.2, 0) is 0 Å². The van der Waals surface area contributed by atoms with Crippen molar-refractivity contribution >= 4 is 28.6 Å². The molecule has 0 aliphatic heterocycles. The molecule has 100 valence electrons. The summed E-state index contributed by atoms with van der Waals surface area (Å²) in [6.07, 6.45) is 0. The predicted octanol–water partition coefficient (Wildman–Crippen LogP) is 3.08. The molecule has 2 rings (SSSR count). The van der Waals surface area contributed by atoms with Gasteiger partial charge in [-0.3, -0.25) is 4.79 Å². The van der Waals surface area contributed by atoms with Crippen LogP contribution in [0.3, 0.4) is 0 Å². The van der Waals surface area contributed by atoms with Gasteiger partial charge in [0, 0.05) is 25.5 Å². The van der Waals surface area contributed by atoms with E-state index in [0.717, 1.165) is 22.1 Å². The number of hydrogen-bond donors (Lipinski definition) is 1. The van der Waals surface area contributed by atoms with Gasteiger partial charge in [0.25, 0.3) is 5.91 Å². The Morgan fingerprint density at radius 2 is 1.84 bits per heavy atom. The average molecular weight is 275 g/mol. The van der Waals surface area contributed by atoms with Gasteiger partial charge < -0.3 is 10.2 Å². The highest BCUT2D eigenvalue weighted by atomic mass is 32.1. The Morgan fingerprint density at radius 1 is 1.21 bits per heavy atom. The summed E-state index contributed by atoms with van der Waals surface area (Å²) in [6, 6.07) is 7.74. The molecule has 0 saturated heterocycles. The number of carbonyl (C=O) groups is 1. The summed E-state index contributed by atoms with van der Waals surface area (Å²) in [5, 5.41) is 3.80. The van der Waals surface area contributed by atoms with Crippen molar-refractivity contribution in [3.63, 3.8) is 0 Å². The molecular weight excluding hydrogens is 258 g/mol. The molecule has 5 heteroatoms. The van der Waals surface area contributed by atoms with Gasteiger partial charge in [0.15, 0.2) is 0 Å². The predicted molar refractivity (Wildman–Crippen MR) is 80.3 cm³/mol. The van der Waals surface area contributed by atoms with Crippen molar-refractivity contribution in [3.05, 3.63) is 39.8 Å². The van der Waals surface area contributed by atoms with E-state index in [4.69, 9.17) is 0 Å². The number of thiazole rings is 1. The summed E-state index contributed by atoms with van der Waals surface area (Å²) in [6.45, 7) is 3.76. The Labute approximate surface area is 117 Å². The van der Waals surface area contributed by atoms with Gasteiger partial charge in [-0.05, 0) is 38.1 Å². The highest BCUT2D eigenvalue weighted by molar-refractivity contribution is 7.13. The molecule has 0 atom stereocenters. The van der Waals surface area contributed by atoms with Crippen molar-refractivity contribution in [2.75, 3.05) is 24.3 Å². The molecule has 0 aliphatic rings. The van der Waals surface area contributed by atoms with Gasteiger partial charge in [-0.15, -0.1) is 11.3 Å². The SMILES string of the molecule is Cc1nc(C)c(C(=O)Nc2ccc(N(C)C)cc2)s1. The molecule has 0 saturated carbocycles. The first-order valence-corrected chi connectivity index (χ1v) is 6.82. The molecule has 0 spiro atoms. The van der Waals surface area contributed by atoms with Crippen molar-refractivity contribution in [2.45, 2.75) is 13.8 Å². The first kappa shape index (κ1) is 13.5. The molecule has 0 aliphatic carbocycles. The number of rotatable bonds is 3. The lowest BCUT2D eigenvalue weighted by Crippen LogP contribution is -2.12. The number of nitrogens with zero attached hydrogens (tertiary/aromatic N) is 2. The summed E-state index contributed by atoms with van der Waals surface area (Å²) >= 11 is 1.42. The third kappa shape index (κ3) is 3.12. The van der Waals surface area contributed by atoms with Crippen molar-refractivity contribution in [2.24, 2.45) is 0 Å². The fraction of sp³-hybridized carbons (Fsp3) is 0.286.